The summed E-state index contributed by atoms with van der Waals surface area (Å²) in [7, 11) is 4.28. The lowest BCUT2D eigenvalue weighted by molar-refractivity contribution is 0.325. The van der Waals surface area contributed by atoms with E-state index in [1.165, 1.54) is 23.5 Å². The third-order valence-corrected chi connectivity index (χ3v) is 4.28. The van der Waals surface area contributed by atoms with Gasteiger partial charge in [0.05, 0.1) is 0 Å². The van der Waals surface area contributed by atoms with E-state index in [1.807, 2.05) is 0 Å². The molecule has 2 atom stereocenters. The van der Waals surface area contributed by atoms with Crippen LogP contribution < -0.4 is 5.32 Å². The van der Waals surface area contributed by atoms with Crippen LogP contribution in [0.4, 0.5) is 0 Å². The molecule has 0 aliphatic carbocycles. The van der Waals surface area contributed by atoms with Crippen LogP contribution in [-0.4, -0.2) is 43.1 Å². The van der Waals surface area contributed by atoms with E-state index in [0.29, 0.717) is 12.1 Å². The van der Waals surface area contributed by atoms with Gasteiger partial charge in [0.2, 0.25) is 0 Å². The summed E-state index contributed by atoms with van der Waals surface area (Å²) in [5.41, 5.74) is 1.40. The minimum absolute atomic E-state index is 0.454. The van der Waals surface area contributed by atoms with E-state index >= 15 is 0 Å². The predicted molar refractivity (Wildman–Crippen MR) is 76.6 cm³/mol. The van der Waals surface area contributed by atoms with Gasteiger partial charge in [-0.25, -0.2) is 0 Å². The zero-order valence-corrected chi connectivity index (χ0v) is 11.5. The van der Waals surface area contributed by atoms with Crippen LogP contribution in [0.15, 0.2) is 30.3 Å². The van der Waals surface area contributed by atoms with Gasteiger partial charge >= 0.3 is 0 Å². The Labute approximate surface area is 109 Å². The fourth-order valence-corrected chi connectivity index (χ4v) is 3.42. The fourth-order valence-electron chi connectivity index (χ4n) is 2.26. The average molecular weight is 250 g/mol. The van der Waals surface area contributed by atoms with E-state index in [2.05, 4.69) is 66.4 Å². The second-order valence-electron chi connectivity index (χ2n) is 4.95. The van der Waals surface area contributed by atoms with Crippen LogP contribution in [0.3, 0.4) is 0 Å². The lowest BCUT2D eigenvalue weighted by atomic mass is 10.1. The van der Waals surface area contributed by atoms with Crippen molar-refractivity contribution in [2.75, 3.05) is 32.1 Å². The van der Waals surface area contributed by atoms with Gasteiger partial charge in [0.25, 0.3) is 0 Å². The van der Waals surface area contributed by atoms with Gasteiger partial charge in [-0.05, 0) is 31.8 Å². The molecule has 2 unspecified atom stereocenters. The molecule has 1 aromatic rings. The number of hydrogen-bond donors (Lipinski definition) is 1. The van der Waals surface area contributed by atoms with Crippen LogP contribution >= 0.6 is 11.8 Å². The van der Waals surface area contributed by atoms with E-state index in [4.69, 9.17) is 0 Å². The number of hydrogen-bond acceptors (Lipinski definition) is 3. The molecule has 94 valence electrons. The van der Waals surface area contributed by atoms with Gasteiger partial charge < -0.3 is 10.2 Å². The Morgan fingerprint density at radius 2 is 2.12 bits per heavy atom. The van der Waals surface area contributed by atoms with E-state index < -0.39 is 0 Å². The van der Waals surface area contributed by atoms with Crippen LogP contribution in [-0.2, 0) is 0 Å². The monoisotopic (exact) mass is 250 g/mol. The maximum atomic E-state index is 3.80. The summed E-state index contributed by atoms with van der Waals surface area (Å²) in [6, 6.07) is 11.9. The van der Waals surface area contributed by atoms with Gasteiger partial charge in [0, 0.05) is 24.4 Å². The summed E-state index contributed by atoms with van der Waals surface area (Å²) >= 11 is 2.06. The van der Waals surface area contributed by atoms with Crippen LogP contribution in [0.1, 0.15) is 18.0 Å². The van der Waals surface area contributed by atoms with Gasteiger partial charge in [-0.3, -0.25) is 0 Å². The van der Waals surface area contributed by atoms with Crippen molar-refractivity contribution in [3.8, 4) is 0 Å². The summed E-state index contributed by atoms with van der Waals surface area (Å²) in [4.78, 5) is 2.26. The van der Waals surface area contributed by atoms with Crippen LogP contribution in [0, 0.1) is 0 Å². The minimum Gasteiger partial charge on any atom is -0.308 e. The highest BCUT2D eigenvalue weighted by atomic mass is 32.2. The summed E-state index contributed by atoms with van der Waals surface area (Å²) in [5, 5.41) is 3.80. The topological polar surface area (TPSA) is 15.3 Å². The van der Waals surface area contributed by atoms with E-state index in [-0.39, 0.29) is 0 Å². The standard InChI is InChI=1S/C14H22N2S/c1-16(2)10-14(12-6-4-3-5-7-12)15-13-8-9-17-11-13/h3-7,13-15H,8-11H2,1-2H3. The third kappa shape index (κ3) is 4.02. The molecule has 1 fully saturated rings. The summed E-state index contributed by atoms with van der Waals surface area (Å²) in [6.07, 6.45) is 1.31. The number of likely N-dealkylation sites (N-methyl/N-ethyl adjacent to an activating group) is 1. The highest BCUT2D eigenvalue weighted by Gasteiger charge is 2.20. The van der Waals surface area contributed by atoms with Crippen LogP contribution in [0.25, 0.3) is 0 Å². The highest BCUT2D eigenvalue weighted by Crippen LogP contribution is 2.21. The lowest BCUT2D eigenvalue weighted by Gasteiger charge is -2.26. The number of benzene rings is 1. The maximum absolute atomic E-state index is 3.80. The first-order valence-electron chi connectivity index (χ1n) is 6.29. The molecule has 1 N–H and O–H groups in total. The molecule has 2 rings (SSSR count). The van der Waals surface area contributed by atoms with E-state index in [1.54, 1.807) is 0 Å². The SMILES string of the molecule is CN(C)CC(NC1CCSC1)c1ccccc1. The Morgan fingerprint density at radius 1 is 1.35 bits per heavy atom. The number of thioether (sulfide) groups is 1. The normalized spacial score (nSPS) is 21.9. The van der Waals surface area contributed by atoms with Crippen molar-refractivity contribution in [1.82, 2.24) is 10.2 Å². The summed E-state index contributed by atoms with van der Waals surface area (Å²) < 4.78 is 0. The quantitative estimate of drug-likeness (QED) is 0.864. The molecule has 1 saturated heterocycles. The van der Waals surface area contributed by atoms with Crippen LogP contribution in [0.5, 0.6) is 0 Å². The molecule has 0 bridgehead atoms. The molecular weight excluding hydrogens is 228 g/mol. The van der Waals surface area contributed by atoms with Crippen molar-refractivity contribution in [3.05, 3.63) is 35.9 Å². The highest BCUT2D eigenvalue weighted by molar-refractivity contribution is 7.99. The van der Waals surface area contributed by atoms with Crippen molar-refractivity contribution in [1.29, 1.82) is 0 Å². The van der Waals surface area contributed by atoms with Gasteiger partial charge in [0.15, 0.2) is 0 Å². The Kier molecular flexibility index (Phi) is 4.89. The van der Waals surface area contributed by atoms with Crippen molar-refractivity contribution in [2.45, 2.75) is 18.5 Å². The Bertz CT molecular complexity index is 320. The smallest absolute Gasteiger partial charge is 0.0451 e. The molecule has 17 heavy (non-hydrogen) atoms. The van der Waals surface area contributed by atoms with Crippen molar-refractivity contribution in [2.24, 2.45) is 0 Å². The van der Waals surface area contributed by atoms with Gasteiger partial charge in [-0.2, -0.15) is 11.8 Å². The molecule has 0 radical (unpaired) electrons. The molecule has 0 spiro atoms. The number of nitrogens with one attached hydrogen (secondary N) is 1. The van der Waals surface area contributed by atoms with Crippen molar-refractivity contribution >= 4 is 11.8 Å². The number of nitrogens with zero attached hydrogens (tertiary/aromatic N) is 1. The summed E-state index contributed by atoms with van der Waals surface area (Å²) in [5.74, 6) is 2.57. The van der Waals surface area contributed by atoms with Crippen LogP contribution in [0.2, 0.25) is 0 Å². The first-order valence-corrected chi connectivity index (χ1v) is 7.44. The second kappa shape index (κ2) is 6.43. The van der Waals surface area contributed by atoms with Crippen molar-refractivity contribution < 1.29 is 0 Å². The lowest BCUT2D eigenvalue weighted by Crippen LogP contribution is -2.38. The first kappa shape index (κ1) is 12.9. The predicted octanol–water partition coefficient (Wildman–Crippen LogP) is 2.38. The van der Waals surface area contributed by atoms with Gasteiger partial charge in [0.1, 0.15) is 0 Å². The first-order chi connectivity index (χ1) is 8.25. The van der Waals surface area contributed by atoms with E-state index in [0.717, 1.165) is 6.54 Å². The maximum Gasteiger partial charge on any atom is 0.0451 e. The number of rotatable bonds is 5. The molecule has 3 heteroatoms. The molecule has 2 nitrogen and oxygen atoms in total. The molecule has 1 aliphatic rings. The molecule has 0 aromatic heterocycles. The average Bonchev–Trinajstić information content (AvgIpc) is 2.82. The van der Waals surface area contributed by atoms with Gasteiger partial charge in [-0.1, -0.05) is 30.3 Å². The molecular formula is C14H22N2S. The van der Waals surface area contributed by atoms with Crippen molar-refractivity contribution in [3.63, 3.8) is 0 Å². The van der Waals surface area contributed by atoms with E-state index in [9.17, 15) is 0 Å². The fraction of sp³-hybridized carbons (Fsp3) is 0.571. The Hall–Kier alpha value is -0.510. The Morgan fingerprint density at radius 3 is 2.71 bits per heavy atom. The molecule has 1 heterocycles. The molecule has 1 aromatic carbocycles. The molecule has 1 aliphatic heterocycles. The zero-order chi connectivity index (χ0) is 12.1. The summed E-state index contributed by atoms with van der Waals surface area (Å²) in [6.45, 7) is 1.06. The third-order valence-electron chi connectivity index (χ3n) is 3.12. The zero-order valence-electron chi connectivity index (χ0n) is 10.7. The largest absolute Gasteiger partial charge is 0.308 e. The minimum atomic E-state index is 0.454. The Balaban J connectivity index is 2.02. The molecule has 0 amide bonds. The molecule has 0 saturated carbocycles. The van der Waals surface area contributed by atoms with Gasteiger partial charge in [-0.15, -0.1) is 0 Å². The second-order valence-corrected chi connectivity index (χ2v) is 6.10.